The SMILES string of the molecule is O=C(CNc1c(C2CCCCC2)nc2c(Br)cc(Cl)cn12)NO. The van der Waals surface area contributed by atoms with Crippen LogP contribution in [-0.4, -0.2) is 27.0 Å². The molecule has 0 bridgehead atoms. The largest absolute Gasteiger partial charge is 0.360 e. The lowest BCUT2D eigenvalue weighted by Crippen LogP contribution is -2.27. The summed E-state index contributed by atoms with van der Waals surface area (Å²) in [6, 6.07) is 1.80. The van der Waals surface area contributed by atoms with Gasteiger partial charge in [0.2, 0.25) is 0 Å². The zero-order valence-corrected chi connectivity index (χ0v) is 14.8. The number of nitrogens with zero attached hydrogens (tertiary/aromatic N) is 2. The first-order valence-electron chi connectivity index (χ1n) is 7.64. The van der Waals surface area contributed by atoms with E-state index in [1.54, 1.807) is 17.7 Å². The monoisotopic (exact) mass is 400 g/mol. The Balaban J connectivity index is 2.05. The fraction of sp³-hybridized carbons (Fsp3) is 0.467. The standard InChI is InChI=1S/C15H18BrClN4O2/c16-11-6-10(17)8-21-14(11)19-13(9-4-2-1-3-5-9)15(21)18-7-12(22)20-23/h6,8-9,18,23H,1-5,7H2,(H,20,22). The number of hydroxylamine groups is 1. The summed E-state index contributed by atoms with van der Waals surface area (Å²) in [7, 11) is 0. The first-order chi connectivity index (χ1) is 11.1. The highest BCUT2D eigenvalue weighted by Crippen LogP contribution is 2.38. The molecule has 3 rings (SSSR count). The van der Waals surface area contributed by atoms with E-state index in [4.69, 9.17) is 21.8 Å². The van der Waals surface area contributed by atoms with Crippen LogP contribution in [0.4, 0.5) is 5.82 Å². The zero-order chi connectivity index (χ0) is 16.4. The summed E-state index contributed by atoms with van der Waals surface area (Å²) in [6.45, 7) is -0.0336. The molecule has 0 spiro atoms. The summed E-state index contributed by atoms with van der Waals surface area (Å²) >= 11 is 9.65. The van der Waals surface area contributed by atoms with Gasteiger partial charge < -0.3 is 5.32 Å². The van der Waals surface area contributed by atoms with Crippen LogP contribution in [0.3, 0.4) is 0 Å². The molecule has 6 nitrogen and oxygen atoms in total. The lowest BCUT2D eigenvalue weighted by atomic mass is 9.87. The Hall–Kier alpha value is -1.31. The Bertz CT molecular complexity index is 728. The topological polar surface area (TPSA) is 78.7 Å². The van der Waals surface area contributed by atoms with E-state index in [1.165, 1.54) is 19.3 Å². The van der Waals surface area contributed by atoms with Gasteiger partial charge >= 0.3 is 0 Å². The van der Waals surface area contributed by atoms with Gasteiger partial charge in [-0.05, 0) is 34.8 Å². The highest BCUT2D eigenvalue weighted by molar-refractivity contribution is 9.10. The number of imidazole rings is 1. The second-order valence-electron chi connectivity index (χ2n) is 5.77. The van der Waals surface area contributed by atoms with Gasteiger partial charge in [0.1, 0.15) is 5.82 Å². The van der Waals surface area contributed by atoms with Crippen LogP contribution in [0.1, 0.15) is 43.7 Å². The maximum atomic E-state index is 11.4. The number of carbonyl (C=O) groups is 1. The summed E-state index contributed by atoms with van der Waals surface area (Å²) in [4.78, 5) is 16.2. The van der Waals surface area contributed by atoms with Crippen molar-refractivity contribution in [2.75, 3.05) is 11.9 Å². The Morgan fingerprint density at radius 2 is 2.17 bits per heavy atom. The summed E-state index contributed by atoms with van der Waals surface area (Å²) < 4.78 is 2.67. The molecule has 0 unspecified atom stereocenters. The number of hydrogen-bond acceptors (Lipinski definition) is 4. The minimum absolute atomic E-state index is 0.0336. The molecule has 0 aliphatic heterocycles. The minimum atomic E-state index is -0.504. The first-order valence-corrected chi connectivity index (χ1v) is 8.81. The molecule has 1 amide bonds. The van der Waals surface area contributed by atoms with Crippen molar-refractivity contribution in [1.29, 1.82) is 0 Å². The van der Waals surface area contributed by atoms with Crippen molar-refractivity contribution >= 4 is 44.9 Å². The van der Waals surface area contributed by atoms with Gasteiger partial charge in [0.25, 0.3) is 5.91 Å². The van der Waals surface area contributed by atoms with E-state index in [9.17, 15) is 4.79 Å². The van der Waals surface area contributed by atoms with E-state index in [0.29, 0.717) is 10.9 Å². The molecule has 1 aliphatic rings. The zero-order valence-electron chi connectivity index (χ0n) is 12.5. The first kappa shape index (κ1) is 16.5. The molecule has 0 saturated heterocycles. The molecule has 0 aromatic carbocycles. The number of carbonyl (C=O) groups excluding carboxylic acids is 1. The summed E-state index contributed by atoms with van der Waals surface area (Å²) in [5, 5.41) is 12.4. The maximum absolute atomic E-state index is 11.4. The number of amides is 1. The van der Waals surface area contributed by atoms with E-state index >= 15 is 0 Å². The lowest BCUT2D eigenvalue weighted by molar-refractivity contribution is -0.127. The Morgan fingerprint density at radius 3 is 2.87 bits per heavy atom. The third kappa shape index (κ3) is 3.46. The van der Waals surface area contributed by atoms with Crippen LogP contribution in [0.2, 0.25) is 5.02 Å². The summed E-state index contributed by atoms with van der Waals surface area (Å²) in [5.41, 5.74) is 3.35. The van der Waals surface area contributed by atoms with Gasteiger partial charge in [-0.1, -0.05) is 30.9 Å². The predicted molar refractivity (Wildman–Crippen MR) is 92.1 cm³/mol. The maximum Gasteiger partial charge on any atom is 0.262 e. The molecule has 8 heteroatoms. The summed E-state index contributed by atoms with van der Waals surface area (Å²) in [6.07, 6.45) is 7.61. The van der Waals surface area contributed by atoms with Crippen molar-refractivity contribution in [1.82, 2.24) is 14.9 Å². The van der Waals surface area contributed by atoms with Crippen molar-refractivity contribution in [3.63, 3.8) is 0 Å². The van der Waals surface area contributed by atoms with E-state index in [-0.39, 0.29) is 6.54 Å². The molecular weight excluding hydrogens is 384 g/mol. The predicted octanol–water partition coefficient (Wildman–Crippen LogP) is 3.72. The summed E-state index contributed by atoms with van der Waals surface area (Å²) in [5.74, 6) is 0.628. The molecular formula is C15H18BrClN4O2. The van der Waals surface area contributed by atoms with Crippen LogP contribution in [0.15, 0.2) is 16.7 Å². The number of fused-ring (bicyclic) bond motifs is 1. The molecule has 2 heterocycles. The second-order valence-corrected chi connectivity index (χ2v) is 7.06. The molecule has 124 valence electrons. The Kier molecular flexibility index (Phi) is 5.08. The number of halogens is 2. The molecule has 1 saturated carbocycles. The molecule has 1 aliphatic carbocycles. The van der Waals surface area contributed by atoms with Crippen molar-refractivity contribution in [2.45, 2.75) is 38.0 Å². The number of rotatable bonds is 4. The number of aromatic nitrogens is 2. The van der Waals surface area contributed by atoms with Crippen LogP contribution < -0.4 is 10.8 Å². The number of anilines is 1. The van der Waals surface area contributed by atoms with Crippen LogP contribution in [0, 0.1) is 0 Å². The van der Waals surface area contributed by atoms with Gasteiger partial charge in [0.15, 0.2) is 5.65 Å². The highest BCUT2D eigenvalue weighted by Gasteiger charge is 2.24. The van der Waals surface area contributed by atoms with Crippen LogP contribution >= 0.6 is 27.5 Å². The van der Waals surface area contributed by atoms with Crippen LogP contribution in [0.5, 0.6) is 0 Å². The highest BCUT2D eigenvalue weighted by atomic mass is 79.9. The fourth-order valence-electron chi connectivity index (χ4n) is 3.13. The molecule has 2 aromatic rings. The second kappa shape index (κ2) is 7.07. The average molecular weight is 402 g/mol. The Labute approximate surface area is 147 Å². The molecule has 3 N–H and O–H groups in total. The van der Waals surface area contributed by atoms with Crippen molar-refractivity contribution < 1.29 is 10.0 Å². The number of nitrogens with one attached hydrogen (secondary N) is 2. The lowest BCUT2D eigenvalue weighted by Gasteiger charge is -2.21. The Morgan fingerprint density at radius 1 is 1.43 bits per heavy atom. The number of pyridine rings is 1. The van der Waals surface area contributed by atoms with E-state index < -0.39 is 5.91 Å². The molecule has 23 heavy (non-hydrogen) atoms. The van der Waals surface area contributed by atoms with Gasteiger partial charge in [-0.2, -0.15) is 0 Å². The quantitative estimate of drug-likeness (QED) is 0.539. The minimum Gasteiger partial charge on any atom is -0.360 e. The third-order valence-corrected chi connectivity index (χ3v) is 4.99. The third-order valence-electron chi connectivity index (χ3n) is 4.20. The van der Waals surface area contributed by atoms with Gasteiger partial charge in [-0.25, -0.2) is 10.5 Å². The van der Waals surface area contributed by atoms with Gasteiger partial charge in [-0.15, -0.1) is 0 Å². The average Bonchev–Trinajstić information content (AvgIpc) is 2.92. The van der Waals surface area contributed by atoms with Crippen LogP contribution in [-0.2, 0) is 4.79 Å². The number of hydrogen-bond donors (Lipinski definition) is 3. The molecule has 2 aromatic heterocycles. The smallest absolute Gasteiger partial charge is 0.262 e. The van der Waals surface area contributed by atoms with Crippen molar-refractivity contribution in [2.24, 2.45) is 0 Å². The van der Waals surface area contributed by atoms with Gasteiger partial charge in [-0.3, -0.25) is 14.4 Å². The van der Waals surface area contributed by atoms with Gasteiger partial charge in [0, 0.05) is 12.1 Å². The fourth-order valence-corrected chi connectivity index (χ4v) is 4.00. The van der Waals surface area contributed by atoms with Crippen LogP contribution in [0.25, 0.3) is 5.65 Å². The molecule has 0 radical (unpaired) electrons. The molecule has 1 fully saturated rings. The van der Waals surface area contributed by atoms with Crippen molar-refractivity contribution in [3.8, 4) is 0 Å². The van der Waals surface area contributed by atoms with E-state index in [1.807, 2.05) is 4.40 Å². The van der Waals surface area contributed by atoms with Gasteiger partial charge in [0.05, 0.1) is 21.7 Å². The molecule has 0 atom stereocenters. The van der Waals surface area contributed by atoms with E-state index in [2.05, 4.69) is 21.2 Å². The normalized spacial score (nSPS) is 15.8. The van der Waals surface area contributed by atoms with Crippen molar-refractivity contribution in [3.05, 3.63) is 27.5 Å². The van der Waals surface area contributed by atoms with E-state index in [0.717, 1.165) is 34.5 Å².